The van der Waals surface area contributed by atoms with Crippen molar-refractivity contribution in [3.8, 4) is 0 Å². The number of ether oxygens (including phenoxy) is 1. The Hall–Kier alpha value is -3.33. The molecule has 0 radical (unpaired) electrons. The molecule has 3 aliphatic heterocycles. The summed E-state index contributed by atoms with van der Waals surface area (Å²) < 4.78 is 6.22. The lowest BCUT2D eigenvalue weighted by atomic mass is 10.0. The van der Waals surface area contributed by atoms with Crippen LogP contribution in [0.15, 0.2) is 48.1 Å². The number of para-hydroxylation sites is 1. The molecule has 2 aliphatic carbocycles. The topological polar surface area (TPSA) is 94.2 Å². The molecule has 38 heavy (non-hydrogen) atoms. The maximum absolute atomic E-state index is 13.5. The molecule has 1 saturated carbocycles. The number of rotatable bonds is 5. The van der Waals surface area contributed by atoms with Gasteiger partial charge in [-0.15, -0.1) is 0 Å². The fourth-order valence-electron chi connectivity index (χ4n) is 5.94. The van der Waals surface area contributed by atoms with Gasteiger partial charge in [-0.1, -0.05) is 36.4 Å². The molecule has 1 aromatic rings. The number of benzene rings is 1. The fraction of sp³-hybridized carbons (Fsp3) is 0.552. The predicted octanol–water partition coefficient (Wildman–Crippen LogP) is 3.49. The number of urea groups is 2. The van der Waals surface area contributed by atoms with Gasteiger partial charge in [-0.05, 0) is 61.6 Å². The van der Waals surface area contributed by atoms with Crippen LogP contribution in [0, 0.1) is 5.92 Å². The van der Waals surface area contributed by atoms with E-state index in [1.54, 1.807) is 4.90 Å². The number of hydrogen-bond donors (Lipinski definition) is 2. The number of hydrogen-bond acceptors (Lipinski definition) is 4. The van der Waals surface area contributed by atoms with E-state index in [0.29, 0.717) is 44.9 Å². The summed E-state index contributed by atoms with van der Waals surface area (Å²) in [6.07, 6.45) is 12.1. The van der Waals surface area contributed by atoms with Gasteiger partial charge in [-0.3, -0.25) is 4.79 Å². The Balaban J connectivity index is 1.06. The van der Waals surface area contributed by atoms with E-state index in [1.165, 1.54) is 0 Å². The van der Waals surface area contributed by atoms with Crippen LogP contribution in [0.5, 0.6) is 0 Å². The number of carbonyl (C=O) groups is 3. The average molecular weight is 520 g/mol. The molecule has 9 heteroatoms. The van der Waals surface area contributed by atoms with Crippen LogP contribution in [-0.2, 0) is 16.1 Å². The zero-order valence-corrected chi connectivity index (χ0v) is 21.8. The van der Waals surface area contributed by atoms with E-state index in [4.69, 9.17) is 4.74 Å². The molecule has 0 spiro atoms. The molecule has 3 heterocycles. The van der Waals surface area contributed by atoms with E-state index in [0.717, 1.165) is 49.1 Å². The fourth-order valence-corrected chi connectivity index (χ4v) is 5.94. The van der Waals surface area contributed by atoms with Crippen molar-refractivity contribution in [2.24, 2.45) is 5.92 Å². The van der Waals surface area contributed by atoms with Crippen LogP contribution in [0.1, 0.15) is 44.1 Å². The number of anilines is 1. The summed E-state index contributed by atoms with van der Waals surface area (Å²) in [6, 6.07) is 6.92. The van der Waals surface area contributed by atoms with Crippen LogP contribution in [0.3, 0.4) is 0 Å². The number of carbonyl (C=O) groups excluding carboxylic acids is 3. The Morgan fingerprint density at radius 2 is 1.89 bits per heavy atom. The van der Waals surface area contributed by atoms with Crippen molar-refractivity contribution in [3.63, 3.8) is 0 Å². The van der Waals surface area contributed by atoms with Crippen molar-refractivity contribution < 1.29 is 19.1 Å². The molecular weight excluding hydrogens is 482 g/mol. The zero-order valence-electron chi connectivity index (χ0n) is 21.8. The van der Waals surface area contributed by atoms with Gasteiger partial charge in [0.15, 0.2) is 0 Å². The first kappa shape index (κ1) is 25.0. The first-order chi connectivity index (χ1) is 18.5. The molecule has 0 unspecified atom stereocenters. The van der Waals surface area contributed by atoms with E-state index in [9.17, 15) is 14.4 Å². The minimum atomic E-state index is -0.693. The summed E-state index contributed by atoms with van der Waals surface area (Å²) >= 11 is 0. The molecule has 9 nitrogen and oxygen atoms in total. The molecule has 0 aromatic heterocycles. The van der Waals surface area contributed by atoms with Crippen molar-refractivity contribution in [2.75, 3.05) is 38.1 Å². The van der Waals surface area contributed by atoms with Gasteiger partial charge in [0.25, 0.3) is 0 Å². The van der Waals surface area contributed by atoms with Gasteiger partial charge in [-0.2, -0.15) is 0 Å². The van der Waals surface area contributed by atoms with Crippen LogP contribution in [-0.4, -0.2) is 83.6 Å². The Morgan fingerprint density at radius 3 is 2.66 bits per heavy atom. The normalized spacial score (nSPS) is 26.4. The molecule has 6 rings (SSSR count). The van der Waals surface area contributed by atoms with Crippen molar-refractivity contribution in [1.29, 1.82) is 0 Å². The Kier molecular flexibility index (Phi) is 7.10. The molecule has 2 saturated heterocycles. The quantitative estimate of drug-likeness (QED) is 0.623. The van der Waals surface area contributed by atoms with Gasteiger partial charge < -0.3 is 30.1 Å². The van der Waals surface area contributed by atoms with Crippen molar-refractivity contribution >= 4 is 23.7 Å². The average Bonchev–Trinajstić information content (AvgIpc) is 3.79. The molecule has 2 N–H and O–H groups in total. The third kappa shape index (κ3) is 5.43. The van der Waals surface area contributed by atoms with Gasteiger partial charge in [-0.25, -0.2) is 9.59 Å². The van der Waals surface area contributed by atoms with E-state index >= 15 is 0 Å². The van der Waals surface area contributed by atoms with Crippen molar-refractivity contribution in [3.05, 3.63) is 53.6 Å². The highest BCUT2D eigenvalue weighted by atomic mass is 16.5. The molecule has 5 amide bonds. The van der Waals surface area contributed by atoms with E-state index in [-0.39, 0.29) is 36.7 Å². The number of allylic oxidation sites excluding steroid dienone is 2. The minimum absolute atomic E-state index is 0.0494. The lowest BCUT2D eigenvalue weighted by molar-refractivity contribution is -0.132. The molecule has 0 bridgehead atoms. The summed E-state index contributed by atoms with van der Waals surface area (Å²) in [5, 5.41) is 5.97. The third-order valence-electron chi connectivity index (χ3n) is 8.38. The number of piperidine rings is 1. The highest BCUT2D eigenvalue weighted by Crippen LogP contribution is 2.31. The summed E-state index contributed by atoms with van der Waals surface area (Å²) in [4.78, 5) is 45.0. The minimum Gasteiger partial charge on any atom is -0.369 e. The van der Waals surface area contributed by atoms with E-state index in [1.807, 2.05) is 34.1 Å². The number of amides is 5. The van der Waals surface area contributed by atoms with E-state index in [2.05, 4.69) is 28.9 Å². The van der Waals surface area contributed by atoms with Crippen LogP contribution in [0.25, 0.3) is 0 Å². The van der Waals surface area contributed by atoms with Gasteiger partial charge in [0.1, 0.15) is 6.04 Å². The largest absolute Gasteiger partial charge is 0.369 e. The molecule has 2 atom stereocenters. The molecular formula is C29H37N5O4. The number of nitrogens with zero attached hydrogens (tertiary/aromatic N) is 3. The first-order valence-electron chi connectivity index (χ1n) is 14.0. The van der Waals surface area contributed by atoms with Crippen LogP contribution in [0.4, 0.5) is 15.3 Å². The standard InChI is InChI=1S/C29H37N5O4/c35-27-25(19-38-26(21-6-2-1-3-7-21)18-33(27)16-20-10-11-20)31-28(36)32-14-12-23(13-15-32)34-17-22-8-4-5-9-24(22)30-29(34)37/h2,4-9,20,23,25-26H,1,3,10-19H2,(H,30,37)(H,31,36)/t25-,26+/m1/s1. The Bertz CT molecular complexity index is 1140. The SMILES string of the molecule is O=C(N[C@@H]1CO[C@H](C2=CCCC=C2)CN(CC2CC2)C1=O)N1CCC(N2Cc3ccccc3NC2=O)CC1. The smallest absolute Gasteiger partial charge is 0.322 e. The number of likely N-dealkylation sites (tertiary alicyclic amines) is 1. The van der Waals surface area contributed by atoms with Gasteiger partial charge in [0, 0.05) is 37.9 Å². The van der Waals surface area contributed by atoms with E-state index < -0.39 is 6.04 Å². The Morgan fingerprint density at radius 1 is 1.08 bits per heavy atom. The molecule has 202 valence electrons. The van der Waals surface area contributed by atoms with Gasteiger partial charge in [0.05, 0.1) is 19.3 Å². The van der Waals surface area contributed by atoms with Crippen molar-refractivity contribution in [1.82, 2.24) is 20.0 Å². The highest BCUT2D eigenvalue weighted by molar-refractivity contribution is 5.92. The molecule has 1 aromatic carbocycles. The molecule has 5 aliphatic rings. The number of fused-ring (bicyclic) bond motifs is 1. The Labute approximate surface area is 223 Å². The second-order valence-corrected chi connectivity index (χ2v) is 11.1. The lowest BCUT2D eigenvalue weighted by Crippen LogP contribution is -2.56. The summed E-state index contributed by atoms with van der Waals surface area (Å²) in [5.74, 6) is 0.509. The zero-order chi connectivity index (χ0) is 26.1. The van der Waals surface area contributed by atoms with Gasteiger partial charge >= 0.3 is 12.1 Å². The first-order valence-corrected chi connectivity index (χ1v) is 14.0. The lowest BCUT2D eigenvalue weighted by Gasteiger charge is -2.40. The van der Waals surface area contributed by atoms with Crippen LogP contribution in [0.2, 0.25) is 0 Å². The molecule has 3 fully saturated rings. The second kappa shape index (κ2) is 10.8. The summed E-state index contributed by atoms with van der Waals surface area (Å²) in [7, 11) is 0. The van der Waals surface area contributed by atoms with Crippen LogP contribution < -0.4 is 10.6 Å². The summed E-state index contributed by atoms with van der Waals surface area (Å²) in [5.41, 5.74) is 3.10. The third-order valence-corrected chi connectivity index (χ3v) is 8.38. The van der Waals surface area contributed by atoms with Gasteiger partial charge in [0.2, 0.25) is 5.91 Å². The maximum Gasteiger partial charge on any atom is 0.322 e. The second-order valence-electron chi connectivity index (χ2n) is 11.1. The monoisotopic (exact) mass is 519 g/mol. The van der Waals surface area contributed by atoms with Crippen molar-refractivity contribution in [2.45, 2.75) is 63.3 Å². The summed E-state index contributed by atoms with van der Waals surface area (Å²) in [6.45, 7) is 3.09. The number of nitrogens with one attached hydrogen (secondary N) is 2. The maximum atomic E-state index is 13.5. The predicted molar refractivity (Wildman–Crippen MR) is 143 cm³/mol. The van der Waals surface area contributed by atoms with Crippen LogP contribution >= 0.6 is 0 Å². The highest BCUT2D eigenvalue weighted by Gasteiger charge is 2.38.